The number of anilines is 2. The maximum Gasteiger partial charge on any atom is 0.251 e. The zero-order valence-corrected chi connectivity index (χ0v) is 24.3. The molecular weight excluding hydrogens is 636 g/mol. The van der Waals surface area contributed by atoms with Crippen molar-refractivity contribution < 1.29 is 52.4 Å². The van der Waals surface area contributed by atoms with Crippen LogP contribution in [-0.2, 0) is 9.47 Å². The van der Waals surface area contributed by atoms with E-state index in [9.17, 15) is 40.2 Å². The lowest BCUT2D eigenvalue weighted by Crippen LogP contribution is -2.33. The fourth-order valence-electron chi connectivity index (χ4n) is 5.22. The van der Waals surface area contributed by atoms with E-state index < -0.39 is 74.1 Å². The van der Waals surface area contributed by atoms with Crippen molar-refractivity contribution in [1.29, 1.82) is 0 Å². The Morgan fingerprint density at radius 2 is 1.06 bits per heavy atom. The third-order valence-electron chi connectivity index (χ3n) is 7.40. The molecule has 0 spiro atoms. The van der Waals surface area contributed by atoms with E-state index in [1.807, 2.05) is 0 Å². The highest BCUT2D eigenvalue weighted by molar-refractivity contribution is 6.09. The van der Waals surface area contributed by atoms with E-state index in [4.69, 9.17) is 35.1 Å². The monoisotopic (exact) mass is 680 g/mol. The summed E-state index contributed by atoms with van der Waals surface area (Å²) in [5.41, 5.74) is 22.4. The molecule has 2 fully saturated rings. The van der Waals surface area contributed by atoms with Crippen LogP contribution in [0.1, 0.15) is 62.4 Å². The van der Waals surface area contributed by atoms with Gasteiger partial charge in [-0.1, -0.05) is 14.9 Å². The second-order valence-electron chi connectivity index (χ2n) is 10.5. The van der Waals surface area contributed by atoms with Crippen molar-refractivity contribution >= 4 is 45.5 Å². The minimum absolute atomic E-state index is 0. The number of carbonyl (C=O) groups excluding carboxylic acids is 2. The highest BCUT2D eigenvalue weighted by Crippen LogP contribution is 2.36. The van der Waals surface area contributed by atoms with Crippen LogP contribution in [0.5, 0.6) is 0 Å². The molecule has 48 heavy (non-hydrogen) atoms. The van der Waals surface area contributed by atoms with Crippen LogP contribution in [0.25, 0.3) is 22.1 Å². The first-order chi connectivity index (χ1) is 22.4. The summed E-state index contributed by atoms with van der Waals surface area (Å²) in [5.74, 6) is -1.14. The number of amides is 2. The maximum absolute atomic E-state index is 11.7. The average Bonchev–Trinajstić information content (AvgIpc) is 3.72. The Balaban J connectivity index is 0.000000260. The van der Waals surface area contributed by atoms with Gasteiger partial charge >= 0.3 is 0 Å². The summed E-state index contributed by atoms with van der Waals surface area (Å²) >= 11 is 0. The van der Waals surface area contributed by atoms with Crippen LogP contribution in [0.15, 0.2) is 12.4 Å². The molecule has 2 aliphatic rings. The van der Waals surface area contributed by atoms with E-state index >= 15 is 0 Å². The molecule has 4 aromatic rings. The summed E-state index contributed by atoms with van der Waals surface area (Å²) in [5, 5.41) is 59.0. The van der Waals surface area contributed by atoms with Gasteiger partial charge in [-0.05, 0) is 13.8 Å². The fraction of sp³-hybridized carbons (Fsp3) is 0.500. The number of hydrogen-bond donors (Lipinski definition) is 10. The molecule has 2 saturated heterocycles. The highest BCUT2D eigenvalue weighted by atomic mass is 16.6. The Morgan fingerprint density at radius 1 is 0.729 bits per heavy atom. The maximum atomic E-state index is 11.7. The van der Waals surface area contributed by atoms with Crippen molar-refractivity contribution in [1.82, 2.24) is 29.1 Å². The number of fused-ring (bicyclic) bond motifs is 2. The van der Waals surface area contributed by atoms with Gasteiger partial charge in [-0.3, -0.25) is 9.59 Å². The lowest BCUT2D eigenvalue weighted by molar-refractivity contribution is -0.0509. The summed E-state index contributed by atoms with van der Waals surface area (Å²) < 4.78 is 29.6. The molecule has 20 heteroatoms. The van der Waals surface area contributed by atoms with Gasteiger partial charge in [0.25, 0.3) is 11.8 Å². The van der Waals surface area contributed by atoms with E-state index in [0.717, 1.165) is 9.13 Å². The van der Waals surface area contributed by atoms with Gasteiger partial charge in [0.2, 0.25) is 0 Å². The molecule has 14 N–H and O–H groups in total. The molecule has 2 amide bonds. The first-order valence-corrected chi connectivity index (χ1v) is 13.6. The number of nitrogen functional groups attached to an aromatic ring is 2. The number of nitrogens with two attached hydrogens (primary N) is 4. The van der Waals surface area contributed by atoms with Crippen LogP contribution in [0.3, 0.4) is 0 Å². The smallest absolute Gasteiger partial charge is 0.251 e. The predicted molar refractivity (Wildman–Crippen MR) is 170 cm³/mol. The molecule has 0 saturated carbocycles. The quantitative estimate of drug-likeness (QED) is 0.0992. The Morgan fingerprint density at radius 3 is 1.33 bits per heavy atom. The van der Waals surface area contributed by atoms with E-state index in [1.165, 1.54) is 12.4 Å². The normalized spacial score (nSPS) is 30.2. The van der Waals surface area contributed by atoms with E-state index in [1.54, 1.807) is 13.8 Å². The lowest BCUT2D eigenvalue weighted by atomic mass is 10.1. The Bertz CT molecular complexity index is 1790. The number of nitrogens with zero attached hydrogens (tertiary/aromatic N) is 6. The topological polar surface area (TPSA) is 339 Å². The minimum atomic E-state index is -2.23. The fourth-order valence-corrected chi connectivity index (χ4v) is 5.22. The molecule has 2 aliphatic heterocycles. The Hall–Kier alpha value is -4.54. The number of carbonyl (C=O) groups is 2. The lowest BCUT2D eigenvalue weighted by Gasteiger charge is -2.17. The van der Waals surface area contributed by atoms with Crippen molar-refractivity contribution in [2.24, 2.45) is 11.5 Å². The van der Waals surface area contributed by atoms with Gasteiger partial charge in [0.15, 0.2) is 12.4 Å². The van der Waals surface area contributed by atoms with Crippen LogP contribution < -0.4 is 22.9 Å². The molecule has 8 atom stereocenters. The van der Waals surface area contributed by atoms with E-state index in [2.05, 4.69) is 19.9 Å². The summed E-state index contributed by atoms with van der Waals surface area (Å²) in [4.78, 5) is 39.6. The van der Waals surface area contributed by atoms with Crippen LogP contribution >= 0.6 is 0 Å². The third kappa shape index (κ3) is 6.34. The average molecular weight is 681 g/mol. The van der Waals surface area contributed by atoms with Crippen LogP contribution in [0.4, 0.5) is 11.6 Å². The number of rotatable bonds is 6. The SMILES string of the molecule is C.C.[2H]C1(n2cc(C(N)=O)c3c(N)nc(C)nc32)OC(CO)C(O)C1O.[2H][C@@]1(n2cc(C(N)=O)c3c(N)nc(C)nc32)O[C@H](CO)[C@@H](O)[C@H]1O. The van der Waals surface area contributed by atoms with Crippen LogP contribution in [0.2, 0.25) is 0 Å². The van der Waals surface area contributed by atoms with Gasteiger partial charge < -0.3 is 72.2 Å². The van der Waals surface area contributed by atoms with Gasteiger partial charge in [0.05, 0.1) is 37.9 Å². The first-order valence-electron chi connectivity index (χ1n) is 14.6. The van der Waals surface area contributed by atoms with Crippen molar-refractivity contribution in [2.45, 2.75) is 77.7 Å². The highest BCUT2D eigenvalue weighted by Gasteiger charge is 2.45. The third-order valence-corrected chi connectivity index (χ3v) is 7.40. The molecular formula is C28H42N10O10. The second-order valence-corrected chi connectivity index (χ2v) is 10.5. The number of aliphatic hydroxyl groups is 6. The Labute approximate surface area is 276 Å². The van der Waals surface area contributed by atoms with Gasteiger partial charge in [0.1, 0.15) is 71.2 Å². The molecule has 0 aromatic carbocycles. The molecule has 4 aromatic heterocycles. The minimum Gasteiger partial charge on any atom is -0.394 e. The van der Waals surface area contributed by atoms with E-state index in [-0.39, 0.29) is 71.3 Å². The molecule has 6 heterocycles. The van der Waals surface area contributed by atoms with Gasteiger partial charge in [0, 0.05) is 12.4 Å². The molecule has 20 nitrogen and oxygen atoms in total. The molecule has 0 aliphatic carbocycles. The number of aromatic nitrogens is 6. The van der Waals surface area contributed by atoms with Gasteiger partial charge in [-0.2, -0.15) is 0 Å². The standard InChI is InChI=1S/2C13H17N5O5.2CH4/c2*1-4-16-10(14)7-5(11(15)22)2-18(12(7)17-4)13-9(21)8(20)6(3-19)23-13;;/h2*2,6,8-9,13,19-21H,3H2,1H3,(H2,15,22)(H2,14,16,17);2*1H4/t6-,8-,9-,13-;;;/m1.../s1/i2*13D;;. The first kappa shape index (κ1) is 34.8. The van der Waals surface area contributed by atoms with E-state index in [0.29, 0.717) is 0 Å². The Kier molecular flexibility index (Phi) is 10.4. The zero-order chi connectivity index (χ0) is 35.6. The summed E-state index contributed by atoms with van der Waals surface area (Å²) in [6, 6.07) is 0. The largest absolute Gasteiger partial charge is 0.394 e. The number of ether oxygens (including phenoxy) is 2. The second kappa shape index (κ2) is 14.3. The summed E-state index contributed by atoms with van der Waals surface area (Å²) in [6.45, 7) is 1.92. The molecule has 4 unspecified atom stereocenters. The summed E-state index contributed by atoms with van der Waals surface area (Å²) in [6.07, 6.45) is -10.9. The van der Waals surface area contributed by atoms with Crippen LogP contribution in [0, 0.1) is 13.8 Å². The number of primary amides is 2. The molecule has 0 bridgehead atoms. The zero-order valence-electron chi connectivity index (χ0n) is 26.3. The molecule has 264 valence electrons. The summed E-state index contributed by atoms with van der Waals surface area (Å²) in [7, 11) is 0. The van der Waals surface area contributed by atoms with Crippen molar-refractivity contribution in [3.63, 3.8) is 0 Å². The molecule has 0 radical (unpaired) electrons. The predicted octanol–water partition coefficient (Wildman–Crippen LogP) is -2.66. The number of aryl methyl sites for hydroxylation is 2. The van der Waals surface area contributed by atoms with Crippen molar-refractivity contribution in [3.05, 3.63) is 35.2 Å². The number of aliphatic hydroxyl groups excluding tert-OH is 6. The van der Waals surface area contributed by atoms with Crippen molar-refractivity contribution in [2.75, 3.05) is 24.7 Å². The number of hydrogen-bond acceptors (Lipinski definition) is 16. The van der Waals surface area contributed by atoms with Crippen molar-refractivity contribution in [3.8, 4) is 0 Å². The van der Waals surface area contributed by atoms with Gasteiger partial charge in [-0.15, -0.1) is 0 Å². The van der Waals surface area contributed by atoms with Gasteiger partial charge in [-0.25, -0.2) is 19.9 Å². The van der Waals surface area contributed by atoms with Crippen LogP contribution in [-0.4, -0.2) is 121 Å². The molecule has 6 rings (SSSR count).